The molecule has 5 nitrogen and oxygen atoms in total. The Hall–Kier alpha value is -3.95. The Labute approximate surface area is 178 Å². The maximum atomic E-state index is 13.7. The van der Waals surface area contributed by atoms with Crippen LogP contribution in [-0.2, 0) is 11.0 Å². The first-order valence-electron chi connectivity index (χ1n) is 9.09. The third kappa shape index (κ3) is 5.60. The first-order chi connectivity index (χ1) is 15.1. The standard InChI is InChI=1S/C22H15F5N2O3/c23-16-6-2-1-5-14(16)21(31)28-13-9-10-18(15(11-13)22(25,26)27)29-20(30)12-32-19-8-4-3-7-17(19)24/h1-11H,12H2,(H,28,31)(H,29,30). The number of amides is 2. The number of nitrogens with one attached hydrogen (secondary N) is 2. The monoisotopic (exact) mass is 450 g/mol. The second kappa shape index (κ2) is 9.46. The number of carbonyl (C=O) groups excluding carboxylic acids is 2. The summed E-state index contributed by atoms with van der Waals surface area (Å²) in [6.07, 6.45) is -4.88. The van der Waals surface area contributed by atoms with Crippen molar-refractivity contribution in [3.05, 3.63) is 89.5 Å². The van der Waals surface area contributed by atoms with E-state index in [-0.39, 0.29) is 17.0 Å². The molecule has 0 heterocycles. The molecule has 0 saturated heterocycles. The largest absolute Gasteiger partial charge is 0.481 e. The Morgan fingerprint density at radius 2 is 1.50 bits per heavy atom. The van der Waals surface area contributed by atoms with Gasteiger partial charge in [0.2, 0.25) is 0 Å². The van der Waals surface area contributed by atoms with Crippen LogP contribution in [0.25, 0.3) is 0 Å². The van der Waals surface area contributed by atoms with Gasteiger partial charge in [-0.05, 0) is 42.5 Å². The van der Waals surface area contributed by atoms with Gasteiger partial charge in [0.05, 0.1) is 16.8 Å². The molecule has 0 radical (unpaired) electrons. The summed E-state index contributed by atoms with van der Waals surface area (Å²) in [4.78, 5) is 24.2. The summed E-state index contributed by atoms with van der Waals surface area (Å²) < 4.78 is 72.7. The fourth-order valence-corrected chi connectivity index (χ4v) is 2.70. The van der Waals surface area contributed by atoms with E-state index >= 15 is 0 Å². The smallest absolute Gasteiger partial charge is 0.418 e. The van der Waals surface area contributed by atoms with Crippen LogP contribution < -0.4 is 15.4 Å². The summed E-state index contributed by atoms with van der Waals surface area (Å²) >= 11 is 0. The van der Waals surface area contributed by atoms with Crippen LogP contribution in [0.2, 0.25) is 0 Å². The van der Waals surface area contributed by atoms with Crippen LogP contribution in [0.15, 0.2) is 66.7 Å². The molecule has 0 atom stereocenters. The minimum absolute atomic E-state index is 0.232. The fourth-order valence-electron chi connectivity index (χ4n) is 2.70. The number of carbonyl (C=O) groups is 2. The van der Waals surface area contributed by atoms with Gasteiger partial charge < -0.3 is 15.4 Å². The van der Waals surface area contributed by atoms with E-state index in [1.54, 1.807) is 0 Å². The van der Waals surface area contributed by atoms with Crippen molar-refractivity contribution >= 4 is 23.2 Å². The van der Waals surface area contributed by atoms with Gasteiger partial charge in [-0.3, -0.25) is 9.59 Å². The first kappa shape index (κ1) is 22.7. The van der Waals surface area contributed by atoms with E-state index in [1.165, 1.54) is 36.4 Å². The second-order valence-corrected chi connectivity index (χ2v) is 6.46. The minimum Gasteiger partial charge on any atom is -0.481 e. The molecule has 3 rings (SSSR count). The van der Waals surface area contributed by atoms with Crippen molar-refractivity contribution in [2.75, 3.05) is 17.2 Å². The van der Waals surface area contributed by atoms with Gasteiger partial charge in [0.1, 0.15) is 5.82 Å². The molecule has 0 saturated carbocycles. The van der Waals surface area contributed by atoms with Crippen molar-refractivity contribution in [3.63, 3.8) is 0 Å². The van der Waals surface area contributed by atoms with Gasteiger partial charge >= 0.3 is 6.18 Å². The molecule has 0 unspecified atom stereocenters. The fraction of sp³-hybridized carbons (Fsp3) is 0.0909. The number of rotatable bonds is 6. The first-order valence-corrected chi connectivity index (χ1v) is 9.09. The quantitative estimate of drug-likeness (QED) is 0.504. The topological polar surface area (TPSA) is 67.4 Å². The average Bonchev–Trinajstić information content (AvgIpc) is 2.73. The van der Waals surface area contributed by atoms with E-state index in [9.17, 15) is 31.5 Å². The van der Waals surface area contributed by atoms with Crippen LogP contribution in [0, 0.1) is 11.6 Å². The van der Waals surface area contributed by atoms with Crippen LogP contribution >= 0.6 is 0 Å². The third-order valence-corrected chi connectivity index (χ3v) is 4.17. The summed E-state index contributed by atoms with van der Waals surface area (Å²) in [6.45, 7) is -0.732. The Balaban J connectivity index is 1.75. The molecular formula is C22H15F5N2O3. The lowest BCUT2D eigenvalue weighted by Crippen LogP contribution is -2.23. The Morgan fingerprint density at radius 1 is 0.844 bits per heavy atom. The SMILES string of the molecule is O=C(COc1ccccc1F)Nc1ccc(NC(=O)c2ccccc2F)cc1C(F)(F)F. The Morgan fingerprint density at radius 3 is 2.16 bits per heavy atom. The van der Waals surface area contributed by atoms with Gasteiger partial charge in [-0.2, -0.15) is 13.2 Å². The van der Waals surface area contributed by atoms with Crippen LogP contribution in [-0.4, -0.2) is 18.4 Å². The van der Waals surface area contributed by atoms with Crippen LogP contribution in [0.4, 0.5) is 33.3 Å². The lowest BCUT2D eigenvalue weighted by atomic mass is 10.1. The van der Waals surface area contributed by atoms with E-state index in [0.29, 0.717) is 6.07 Å². The molecule has 0 spiro atoms. The molecule has 3 aromatic rings. The normalized spacial score (nSPS) is 11.0. The van der Waals surface area contributed by atoms with Crippen molar-refractivity contribution in [2.45, 2.75) is 6.18 Å². The molecule has 0 aromatic heterocycles. The number of benzene rings is 3. The zero-order chi connectivity index (χ0) is 23.3. The van der Waals surface area contributed by atoms with Crippen molar-refractivity contribution in [1.82, 2.24) is 0 Å². The molecule has 0 aliphatic rings. The Kier molecular flexibility index (Phi) is 6.72. The highest BCUT2D eigenvalue weighted by atomic mass is 19.4. The lowest BCUT2D eigenvalue weighted by Gasteiger charge is -2.16. The minimum atomic E-state index is -4.88. The summed E-state index contributed by atoms with van der Waals surface area (Å²) in [7, 11) is 0. The van der Waals surface area contributed by atoms with E-state index in [0.717, 1.165) is 24.3 Å². The molecule has 166 valence electrons. The highest BCUT2D eigenvalue weighted by Crippen LogP contribution is 2.36. The zero-order valence-electron chi connectivity index (χ0n) is 16.2. The number of para-hydroxylation sites is 1. The van der Waals surface area contributed by atoms with Crippen LogP contribution in [0.3, 0.4) is 0 Å². The highest BCUT2D eigenvalue weighted by molar-refractivity contribution is 6.04. The highest BCUT2D eigenvalue weighted by Gasteiger charge is 2.34. The molecule has 0 aliphatic carbocycles. The van der Waals surface area contributed by atoms with Crippen LogP contribution in [0.5, 0.6) is 5.75 Å². The number of anilines is 2. The van der Waals surface area contributed by atoms with Gasteiger partial charge in [-0.15, -0.1) is 0 Å². The van der Waals surface area contributed by atoms with Gasteiger partial charge in [-0.1, -0.05) is 24.3 Å². The van der Waals surface area contributed by atoms with E-state index in [2.05, 4.69) is 5.32 Å². The van der Waals surface area contributed by atoms with E-state index < -0.39 is 47.5 Å². The zero-order valence-corrected chi connectivity index (χ0v) is 16.2. The van der Waals surface area contributed by atoms with Gasteiger partial charge in [0, 0.05) is 5.69 Å². The second-order valence-electron chi connectivity index (χ2n) is 6.46. The summed E-state index contributed by atoms with van der Waals surface area (Å²) in [5.74, 6) is -3.69. The van der Waals surface area contributed by atoms with Gasteiger partial charge in [0.25, 0.3) is 11.8 Å². The van der Waals surface area contributed by atoms with E-state index in [1.807, 2.05) is 5.32 Å². The molecule has 3 aromatic carbocycles. The predicted octanol–water partition coefficient (Wildman–Crippen LogP) is 5.25. The number of hydrogen-bond acceptors (Lipinski definition) is 3. The number of hydrogen-bond donors (Lipinski definition) is 2. The number of halogens is 5. The van der Waals surface area contributed by atoms with E-state index in [4.69, 9.17) is 4.74 Å². The van der Waals surface area contributed by atoms with Crippen molar-refractivity contribution < 1.29 is 36.3 Å². The predicted molar refractivity (Wildman–Crippen MR) is 106 cm³/mol. The van der Waals surface area contributed by atoms with Crippen molar-refractivity contribution in [3.8, 4) is 5.75 Å². The Bertz CT molecular complexity index is 1150. The summed E-state index contributed by atoms with van der Waals surface area (Å²) in [6, 6.07) is 12.9. The molecule has 0 aliphatic heterocycles. The number of alkyl halides is 3. The van der Waals surface area contributed by atoms with Gasteiger partial charge in [0.15, 0.2) is 18.2 Å². The molecule has 2 N–H and O–H groups in total. The molecule has 10 heteroatoms. The molecule has 0 bridgehead atoms. The number of ether oxygens (including phenoxy) is 1. The maximum absolute atomic E-state index is 13.7. The summed E-state index contributed by atoms with van der Waals surface area (Å²) in [5.41, 5.74) is -2.44. The lowest BCUT2D eigenvalue weighted by molar-refractivity contribution is -0.137. The maximum Gasteiger partial charge on any atom is 0.418 e. The van der Waals surface area contributed by atoms with Crippen molar-refractivity contribution in [2.24, 2.45) is 0 Å². The molecular weight excluding hydrogens is 435 g/mol. The third-order valence-electron chi connectivity index (χ3n) is 4.17. The van der Waals surface area contributed by atoms with Crippen molar-refractivity contribution in [1.29, 1.82) is 0 Å². The molecule has 2 amide bonds. The van der Waals surface area contributed by atoms with Crippen LogP contribution in [0.1, 0.15) is 15.9 Å². The van der Waals surface area contributed by atoms with Gasteiger partial charge in [-0.25, -0.2) is 8.78 Å². The summed E-state index contributed by atoms with van der Waals surface area (Å²) in [5, 5.41) is 4.24. The molecule has 32 heavy (non-hydrogen) atoms. The average molecular weight is 450 g/mol. The molecule has 0 fully saturated rings.